The van der Waals surface area contributed by atoms with E-state index >= 15 is 0 Å². The van der Waals surface area contributed by atoms with E-state index in [2.05, 4.69) is 33.3 Å². The fourth-order valence-electron chi connectivity index (χ4n) is 3.24. The first-order valence-electron chi connectivity index (χ1n) is 7.88. The van der Waals surface area contributed by atoms with Gasteiger partial charge in [0.1, 0.15) is 0 Å². The lowest BCUT2D eigenvalue weighted by Crippen LogP contribution is -2.26. The van der Waals surface area contributed by atoms with Crippen LogP contribution in [0.15, 0.2) is 12.3 Å². The molecule has 1 atom stereocenters. The lowest BCUT2D eigenvalue weighted by molar-refractivity contribution is 0.339. The molecule has 1 unspecified atom stereocenters. The van der Waals surface area contributed by atoms with E-state index in [9.17, 15) is 0 Å². The Morgan fingerprint density at radius 3 is 3.05 bits per heavy atom. The Labute approximate surface area is 126 Å². The third-order valence-electron chi connectivity index (χ3n) is 4.50. The number of hydrogen-bond donors (Lipinski definition) is 1. The van der Waals surface area contributed by atoms with Crippen molar-refractivity contribution < 1.29 is 0 Å². The highest BCUT2D eigenvalue weighted by Gasteiger charge is 2.20. The highest BCUT2D eigenvalue weighted by Crippen LogP contribution is 2.17. The second-order valence-electron chi connectivity index (χ2n) is 6.10. The first-order chi connectivity index (χ1) is 10.2. The Balaban J connectivity index is 1.57. The molecule has 5 nitrogen and oxygen atoms in total. The van der Waals surface area contributed by atoms with E-state index in [1.165, 1.54) is 31.6 Å². The smallest absolute Gasteiger partial charge is 0.157 e. The molecular formula is C16H25N5. The third kappa shape index (κ3) is 3.09. The zero-order chi connectivity index (χ0) is 14.8. The number of aryl methyl sites for hydroxylation is 2. The average Bonchev–Trinajstić information content (AvgIpc) is 3.05. The van der Waals surface area contributed by atoms with Crippen molar-refractivity contribution in [1.82, 2.24) is 25.0 Å². The topological polar surface area (TPSA) is 46.0 Å². The normalized spacial score (nSPS) is 19.7. The molecule has 21 heavy (non-hydrogen) atoms. The Morgan fingerprint density at radius 2 is 2.29 bits per heavy atom. The van der Waals surface area contributed by atoms with Crippen molar-refractivity contribution in [2.24, 2.45) is 13.0 Å². The van der Waals surface area contributed by atoms with Crippen molar-refractivity contribution in [2.75, 3.05) is 26.2 Å². The summed E-state index contributed by atoms with van der Waals surface area (Å²) in [5.74, 6) is 0.793. The van der Waals surface area contributed by atoms with E-state index in [4.69, 9.17) is 0 Å². The fourth-order valence-corrected chi connectivity index (χ4v) is 3.24. The summed E-state index contributed by atoms with van der Waals surface area (Å²) in [7, 11) is 1.94. The third-order valence-corrected chi connectivity index (χ3v) is 4.50. The minimum atomic E-state index is 0.793. The fraction of sp³-hybridized carbons (Fsp3) is 0.625. The summed E-state index contributed by atoms with van der Waals surface area (Å²) in [5.41, 5.74) is 3.26. The van der Waals surface area contributed by atoms with Crippen molar-refractivity contribution in [3.63, 3.8) is 0 Å². The van der Waals surface area contributed by atoms with E-state index in [-0.39, 0.29) is 0 Å². The summed E-state index contributed by atoms with van der Waals surface area (Å²) in [6.45, 7) is 9.94. The van der Waals surface area contributed by atoms with Crippen molar-refractivity contribution in [2.45, 2.75) is 26.8 Å². The maximum atomic E-state index is 4.53. The predicted octanol–water partition coefficient (Wildman–Crippen LogP) is 1.71. The lowest BCUT2D eigenvalue weighted by Gasteiger charge is -2.13. The molecule has 3 rings (SSSR count). The first-order valence-corrected chi connectivity index (χ1v) is 7.88. The molecule has 2 aromatic heterocycles. The molecule has 0 bridgehead atoms. The van der Waals surface area contributed by atoms with Crippen LogP contribution in [0.25, 0.3) is 11.0 Å². The minimum Gasteiger partial charge on any atom is -0.312 e. The SMILES string of the molecule is CCN1CCC(CNCc2cnc3c(c2)c(C)nn3C)C1. The number of pyridine rings is 1. The molecule has 1 saturated heterocycles. The number of nitrogens with one attached hydrogen (secondary N) is 1. The van der Waals surface area contributed by atoms with E-state index in [1.54, 1.807) is 0 Å². The summed E-state index contributed by atoms with van der Waals surface area (Å²) in [4.78, 5) is 7.06. The zero-order valence-corrected chi connectivity index (χ0v) is 13.3. The molecule has 1 fully saturated rings. The molecule has 1 N–H and O–H groups in total. The molecule has 0 saturated carbocycles. The van der Waals surface area contributed by atoms with Crippen LogP contribution >= 0.6 is 0 Å². The summed E-state index contributed by atoms with van der Waals surface area (Å²) in [5, 5.41) is 9.17. The molecule has 2 aromatic rings. The molecule has 0 aromatic carbocycles. The van der Waals surface area contributed by atoms with Gasteiger partial charge in [0.25, 0.3) is 0 Å². The Hall–Kier alpha value is -1.46. The van der Waals surface area contributed by atoms with Crippen LogP contribution in [0.3, 0.4) is 0 Å². The Bertz CT molecular complexity index is 618. The van der Waals surface area contributed by atoms with Crippen LogP contribution in [0.4, 0.5) is 0 Å². The molecule has 1 aliphatic heterocycles. The van der Waals surface area contributed by atoms with Gasteiger partial charge < -0.3 is 10.2 Å². The van der Waals surface area contributed by atoms with Gasteiger partial charge in [-0.25, -0.2) is 4.98 Å². The number of likely N-dealkylation sites (tertiary alicyclic amines) is 1. The van der Waals surface area contributed by atoms with Gasteiger partial charge in [0, 0.05) is 31.7 Å². The van der Waals surface area contributed by atoms with Gasteiger partial charge in [-0.05, 0) is 50.5 Å². The van der Waals surface area contributed by atoms with Gasteiger partial charge in [0.05, 0.1) is 5.69 Å². The molecule has 5 heteroatoms. The van der Waals surface area contributed by atoms with Gasteiger partial charge in [0.2, 0.25) is 0 Å². The van der Waals surface area contributed by atoms with Crippen LogP contribution < -0.4 is 5.32 Å². The molecule has 0 spiro atoms. The summed E-state index contributed by atoms with van der Waals surface area (Å²) >= 11 is 0. The second-order valence-corrected chi connectivity index (χ2v) is 6.10. The van der Waals surface area contributed by atoms with Gasteiger partial charge in [-0.1, -0.05) is 6.92 Å². The van der Waals surface area contributed by atoms with Crippen LogP contribution in [0.2, 0.25) is 0 Å². The summed E-state index contributed by atoms with van der Waals surface area (Å²) in [6, 6.07) is 2.21. The van der Waals surface area contributed by atoms with Gasteiger partial charge in [-0.3, -0.25) is 4.68 Å². The highest BCUT2D eigenvalue weighted by molar-refractivity contribution is 5.78. The number of rotatable bonds is 5. The van der Waals surface area contributed by atoms with Gasteiger partial charge in [0.15, 0.2) is 5.65 Å². The van der Waals surface area contributed by atoms with Crippen LogP contribution in [0, 0.1) is 12.8 Å². The highest BCUT2D eigenvalue weighted by atomic mass is 15.3. The van der Waals surface area contributed by atoms with Gasteiger partial charge >= 0.3 is 0 Å². The molecule has 3 heterocycles. The van der Waals surface area contributed by atoms with E-state index in [0.717, 1.165) is 35.7 Å². The average molecular weight is 287 g/mol. The van der Waals surface area contributed by atoms with Crippen LogP contribution in [0.1, 0.15) is 24.6 Å². The largest absolute Gasteiger partial charge is 0.312 e. The molecule has 0 radical (unpaired) electrons. The Kier molecular flexibility index (Phi) is 4.22. The van der Waals surface area contributed by atoms with Crippen LogP contribution in [0.5, 0.6) is 0 Å². The van der Waals surface area contributed by atoms with Gasteiger partial charge in [-0.15, -0.1) is 0 Å². The minimum absolute atomic E-state index is 0.793. The molecule has 114 valence electrons. The summed E-state index contributed by atoms with van der Waals surface area (Å²) in [6.07, 6.45) is 3.28. The standard InChI is InChI=1S/C16H25N5/c1-4-21-6-5-13(11-21)8-17-9-14-7-15-12(2)19-20(3)16(15)18-10-14/h7,10,13,17H,4-6,8-9,11H2,1-3H3. The second kappa shape index (κ2) is 6.12. The predicted molar refractivity (Wildman–Crippen MR) is 85.2 cm³/mol. The first kappa shape index (κ1) is 14.5. The van der Waals surface area contributed by atoms with E-state index < -0.39 is 0 Å². The summed E-state index contributed by atoms with van der Waals surface area (Å²) < 4.78 is 1.85. The van der Waals surface area contributed by atoms with Crippen molar-refractivity contribution in [3.05, 3.63) is 23.5 Å². The maximum absolute atomic E-state index is 4.53. The van der Waals surface area contributed by atoms with Crippen LogP contribution in [-0.2, 0) is 13.6 Å². The monoisotopic (exact) mass is 287 g/mol. The van der Waals surface area contributed by atoms with Crippen molar-refractivity contribution in [1.29, 1.82) is 0 Å². The van der Waals surface area contributed by atoms with E-state index in [1.807, 2.05) is 24.9 Å². The lowest BCUT2D eigenvalue weighted by atomic mass is 10.1. The number of hydrogen-bond acceptors (Lipinski definition) is 4. The molecular weight excluding hydrogens is 262 g/mol. The molecule has 1 aliphatic rings. The van der Waals surface area contributed by atoms with Gasteiger partial charge in [-0.2, -0.15) is 5.10 Å². The molecule has 0 amide bonds. The van der Waals surface area contributed by atoms with Crippen molar-refractivity contribution >= 4 is 11.0 Å². The van der Waals surface area contributed by atoms with E-state index in [0.29, 0.717) is 0 Å². The zero-order valence-electron chi connectivity index (χ0n) is 13.3. The van der Waals surface area contributed by atoms with Crippen LogP contribution in [-0.4, -0.2) is 45.8 Å². The Morgan fingerprint density at radius 1 is 1.43 bits per heavy atom. The molecule has 0 aliphatic carbocycles. The number of nitrogens with zero attached hydrogens (tertiary/aromatic N) is 4. The maximum Gasteiger partial charge on any atom is 0.157 e. The number of aromatic nitrogens is 3. The quantitative estimate of drug-likeness (QED) is 0.909. The number of fused-ring (bicyclic) bond motifs is 1. The van der Waals surface area contributed by atoms with Crippen molar-refractivity contribution in [3.8, 4) is 0 Å².